The third-order valence-electron chi connectivity index (χ3n) is 3.89. The highest BCUT2D eigenvalue weighted by atomic mass is 16.5. The van der Waals surface area contributed by atoms with E-state index >= 15 is 0 Å². The lowest BCUT2D eigenvalue weighted by atomic mass is 10.1. The number of carbonyl (C=O) groups excluding carboxylic acids is 1. The van der Waals surface area contributed by atoms with E-state index in [4.69, 9.17) is 4.74 Å². The lowest BCUT2D eigenvalue weighted by Gasteiger charge is -2.17. The minimum Gasteiger partial charge on any atom is -0.457 e. The first kappa shape index (κ1) is 16.7. The molecule has 4 nitrogen and oxygen atoms in total. The van der Waals surface area contributed by atoms with E-state index < -0.39 is 0 Å². The Bertz CT molecular complexity index is 820. The number of pyridine rings is 1. The Morgan fingerprint density at radius 3 is 2.44 bits per heavy atom. The van der Waals surface area contributed by atoms with E-state index in [0.717, 1.165) is 17.7 Å². The second-order valence-electron chi connectivity index (χ2n) is 5.78. The number of rotatable bonds is 6. The number of benzene rings is 2. The fourth-order valence-electron chi connectivity index (χ4n) is 2.49. The molecule has 0 N–H and O–H groups in total. The molecule has 3 aromatic rings. The third-order valence-corrected chi connectivity index (χ3v) is 3.89. The van der Waals surface area contributed by atoms with E-state index in [-0.39, 0.29) is 5.91 Å². The molecule has 0 saturated heterocycles. The van der Waals surface area contributed by atoms with E-state index in [1.54, 1.807) is 23.4 Å². The number of carbonyl (C=O) groups is 1. The molecule has 0 saturated carbocycles. The van der Waals surface area contributed by atoms with Gasteiger partial charge in [0.1, 0.15) is 11.5 Å². The van der Waals surface area contributed by atoms with Crippen LogP contribution in [0, 0.1) is 0 Å². The fraction of sp³-hybridized carbons (Fsp3) is 0.143. The number of para-hydroxylation sites is 1. The van der Waals surface area contributed by atoms with Crippen molar-refractivity contribution in [2.45, 2.75) is 6.42 Å². The number of ether oxygens (including phenoxy) is 1. The Labute approximate surface area is 147 Å². The lowest BCUT2D eigenvalue weighted by molar-refractivity contribution is 0.0796. The van der Waals surface area contributed by atoms with Crippen molar-refractivity contribution in [1.29, 1.82) is 0 Å². The second kappa shape index (κ2) is 8.11. The van der Waals surface area contributed by atoms with E-state index in [2.05, 4.69) is 4.98 Å². The van der Waals surface area contributed by atoms with Crippen LogP contribution in [0.15, 0.2) is 79.1 Å². The van der Waals surface area contributed by atoms with Crippen LogP contribution in [0.5, 0.6) is 11.5 Å². The molecule has 1 aromatic heterocycles. The maximum Gasteiger partial charge on any atom is 0.253 e. The highest BCUT2D eigenvalue weighted by Gasteiger charge is 2.12. The minimum absolute atomic E-state index is 0.0208. The lowest BCUT2D eigenvalue weighted by Crippen LogP contribution is -2.28. The summed E-state index contributed by atoms with van der Waals surface area (Å²) >= 11 is 0. The quantitative estimate of drug-likeness (QED) is 0.680. The van der Waals surface area contributed by atoms with Gasteiger partial charge in [0, 0.05) is 31.5 Å². The van der Waals surface area contributed by atoms with Crippen LogP contribution in [-0.2, 0) is 6.42 Å². The van der Waals surface area contributed by atoms with Crippen molar-refractivity contribution in [3.8, 4) is 11.5 Å². The molecule has 1 heterocycles. The zero-order valence-corrected chi connectivity index (χ0v) is 14.1. The molecule has 0 aliphatic carbocycles. The van der Waals surface area contributed by atoms with Crippen molar-refractivity contribution in [2.24, 2.45) is 0 Å². The standard InChI is InChI=1S/C21H20N2O2/c1-23(15-12-17-10-13-22-14-11-17)21(24)18-6-5-9-20(16-18)25-19-7-3-2-4-8-19/h2-11,13-14,16H,12,15H2,1H3. The van der Waals surface area contributed by atoms with E-state index in [0.29, 0.717) is 17.9 Å². The number of hydrogen-bond donors (Lipinski definition) is 0. The highest BCUT2D eigenvalue weighted by Crippen LogP contribution is 2.22. The molecule has 1 amide bonds. The van der Waals surface area contributed by atoms with Gasteiger partial charge in [0.2, 0.25) is 0 Å². The molecule has 0 aliphatic rings. The summed E-state index contributed by atoms with van der Waals surface area (Å²) in [4.78, 5) is 18.4. The summed E-state index contributed by atoms with van der Waals surface area (Å²) in [6.07, 6.45) is 4.33. The molecule has 0 spiro atoms. The van der Waals surface area contributed by atoms with E-state index in [1.807, 2.05) is 67.7 Å². The van der Waals surface area contributed by atoms with E-state index in [1.165, 1.54) is 0 Å². The zero-order chi connectivity index (χ0) is 17.5. The fourth-order valence-corrected chi connectivity index (χ4v) is 2.49. The van der Waals surface area contributed by atoms with Gasteiger partial charge in [-0.3, -0.25) is 9.78 Å². The van der Waals surface area contributed by atoms with Crippen LogP contribution in [0.2, 0.25) is 0 Å². The average molecular weight is 332 g/mol. The molecule has 0 radical (unpaired) electrons. The maximum absolute atomic E-state index is 12.6. The Hall–Kier alpha value is -3.14. The van der Waals surface area contributed by atoms with E-state index in [9.17, 15) is 4.79 Å². The summed E-state index contributed by atoms with van der Waals surface area (Å²) in [7, 11) is 1.81. The van der Waals surface area contributed by atoms with Gasteiger partial charge in [0.15, 0.2) is 0 Å². The number of likely N-dealkylation sites (N-methyl/N-ethyl adjacent to an activating group) is 1. The summed E-state index contributed by atoms with van der Waals surface area (Å²) < 4.78 is 5.80. The highest BCUT2D eigenvalue weighted by molar-refractivity contribution is 5.94. The van der Waals surface area contributed by atoms with Crippen molar-refractivity contribution in [2.75, 3.05) is 13.6 Å². The molecule has 25 heavy (non-hydrogen) atoms. The van der Waals surface area contributed by atoms with Crippen molar-refractivity contribution in [3.63, 3.8) is 0 Å². The van der Waals surface area contributed by atoms with Crippen LogP contribution in [-0.4, -0.2) is 29.4 Å². The minimum atomic E-state index is -0.0208. The Morgan fingerprint density at radius 1 is 0.960 bits per heavy atom. The summed E-state index contributed by atoms with van der Waals surface area (Å²) in [6, 6.07) is 20.7. The van der Waals surface area contributed by atoms with Gasteiger partial charge in [-0.2, -0.15) is 0 Å². The SMILES string of the molecule is CN(CCc1ccncc1)C(=O)c1cccc(Oc2ccccc2)c1. The molecular weight excluding hydrogens is 312 g/mol. The summed E-state index contributed by atoms with van der Waals surface area (Å²) in [5, 5.41) is 0. The molecule has 0 unspecified atom stereocenters. The molecule has 126 valence electrons. The summed E-state index contributed by atoms with van der Waals surface area (Å²) in [6.45, 7) is 0.645. The molecule has 0 atom stereocenters. The van der Waals surface area contributed by atoms with Crippen LogP contribution in [0.1, 0.15) is 15.9 Å². The van der Waals surface area contributed by atoms with Crippen LogP contribution in [0.25, 0.3) is 0 Å². The third kappa shape index (κ3) is 4.67. The van der Waals surface area contributed by atoms with Gasteiger partial charge in [-0.15, -0.1) is 0 Å². The van der Waals surface area contributed by atoms with Gasteiger partial charge < -0.3 is 9.64 Å². The largest absolute Gasteiger partial charge is 0.457 e. The first-order valence-corrected chi connectivity index (χ1v) is 8.20. The summed E-state index contributed by atoms with van der Waals surface area (Å²) in [5.74, 6) is 1.38. The van der Waals surface area contributed by atoms with Crippen LogP contribution >= 0.6 is 0 Å². The molecule has 0 fully saturated rings. The zero-order valence-electron chi connectivity index (χ0n) is 14.1. The number of nitrogens with zero attached hydrogens (tertiary/aromatic N) is 2. The second-order valence-corrected chi connectivity index (χ2v) is 5.78. The molecule has 2 aromatic carbocycles. The number of aromatic nitrogens is 1. The predicted molar refractivity (Wildman–Crippen MR) is 97.9 cm³/mol. The van der Waals surface area contributed by atoms with Gasteiger partial charge >= 0.3 is 0 Å². The van der Waals surface area contributed by atoms with Crippen LogP contribution in [0.3, 0.4) is 0 Å². The van der Waals surface area contributed by atoms with Crippen molar-refractivity contribution in [3.05, 3.63) is 90.3 Å². The monoisotopic (exact) mass is 332 g/mol. The Balaban J connectivity index is 1.64. The number of amides is 1. The molecule has 4 heteroatoms. The van der Waals surface area contributed by atoms with Gasteiger partial charge in [-0.05, 0) is 54.4 Å². The smallest absolute Gasteiger partial charge is 0.253 e. The van der Waals surface area contributed by atoms with Crippen LogP contribution < -0.4 is 4.74 Å². The molecule has 3 rings (SSSR count). The van der Waals surface area contributed by atoms with Gasteiger partial charge in [0.05, 0.1) is 0 Å². The van der Waals surface area contributed by atoms with Crippen molar-refractivity contribution in [1.82, 2.24) is 9.88 Å². The molecule has 0 aliphatic heterocycles. The molecular formula is C21H20N2O2. The van der Waals surface area contributed by atoms with Gasteiger partial charge in [-0.1, -0.05) is 24.3 Å². The van der Waals surface area contributed by atoms with Gasteiger partial charge in [0.25, 0.3) is 5.91 Å². The van der Waals surface area contributed by atoms with Crippen molar-refractivity contribution < 1.29 is 9.53 Å². The van der Waals surface area contributed by atoms with Crippen molar-refractivity contribution >= 4 is 5.91 Å². The molecule has 0 bridgehead atoms. The maximum atomic E-state index is 12.6. The average Bonchev–Trinajstić information content (AvgIpc) is 2.67. The van der Waals surface area contributed by atoms with Crippen LogP contribution in [0.4, 0.5) is 0 Å². The normalized spacial score (nSPS) is 10.3. The first-order valence-electron chi connectivity index (χ1n) is 8.20. The first-order chi connectivity index (χ1) is 12.2. The van der Waals surface area contributed by atoms with Gasteiger partial charge in [-0.25, -0.2) is 0 Å². The summed E-state index contributed by atoms with van der Waals surface area (Å²) in [5.41, 5.74) is 1.78. The Morgan fingerprint density at radius 2 is 1.68 bits per heavy atom. The predicted octanol–water partition coefficient (Wildman–Crippen LogP) is 4.19. The Kier molecular flexibility index (Phi) is 5.42. The topological polar surface area (TPSA) is 42.4 Å². The number of hydrogen-bond acceptors (Lipinski definition) is 3.